The van der Waals surface area contributed by atoms with Gasteiger partial charge in [0.15, 0.2) is 0 Å². The molecule has 0 fully saturated rings. The van der Waals surface area contributed by atoms with Crippen LogP contribution >= 0.6 is 22.6 Å². The fourth-order valence-corrected chi connectivity index (χ4v) is 2.93. The monoisotopic (exact) mass is 337 g/mol. The summed E-state index contributed by atoms with van der Waals surface area (Å²) in [6, 6.07) is 12.3. The highest BCUT2D eigenvalue weighted by Gasteiger charge is 2.25. The van der Waals surface area contributed by atoms with Gasteiger partial charge in [0.2, 0.25) is 0 Å². The summed E-state index contributed by atoms with van der Waals surface area (Å²) in [7, 11) is 0. The van der Waals surface area contributed by atoms with Crippen molar-refractivity contribution in [1.82, 2.24) is 4.57 Å². The average molecular weight is 337 g/mol. The summed E-state index contributed by atoms with van der Waals surface area (Å²) in [6.45, 7) is 0.798. The number of hydrogen-bond acceptors (Lipinski definition) is 1. The van der Waals surface area contributed by atoms with Crippen LogP contribution in [0, 0.1) is 3.57 Å². The van der Waals surface area contributed by atoms with Crippen molar-refractivity contribution in [1.29, 1.82) is 0 Å². The third kappa shape index (κ3) is 1.92. The summed E-state index contributed by atoms with van der Waals surface area (Å²) in [5, 5.41) is 0. The van der Waals surface area contributed by atoms with Crippen molar-refractivity contribution in [3.05, 3.63) is 67.6 Å². The molecule has 0 saturated carbocycles. The van der Waals surface area contributed by atoms with E-state index >= 15 is 0 Å². The minimum Gasteiger partial charge on any atom is -0.314 e. The van der Waals surface area contributed by atoms with Gasteiger partial charge in [-0.25, -0.2) is 0 Å². The molecule has 3 heteroatoms. The standard InChI is InChI=1S/C14H12INO/c15-13-6-3-7-16(14(13)17)9-11-8-10-4-1-2-5-12(10)11/h1-7,11H,8-9H2. The van der Waals surface area contributed by atoms with Crippen LogP contribution in [0.5, 0.6) is 0 Å². The molecule has 0 radical (unpaired) electrons. The molecule has 1 atom stereocenters. The van der Waals surface area contributed by atoms with E-state index < -0.39 is 0 Å². The molecule has 1 aliphatic rings. The fraction of sp³-hybridized carbons (Fsp3) is 0.214. The van der Waals surface area contributed by atoms with Crippen LogP contribution in [-0.2, 0) is 13.0 Å². The van der Waals surface area contributed by atoms with Crippen molar-refractivity contribution in [2.75, 3.05) is 0 Å². The predicted octanol–water partition coefficient (Wildman–Crippen LogP) is 2.79. The Balaban J connectivity index is 1.87. The molecule has 86 valence electrons. The second kappa shape index (κ2) is 4.29. The first kappa shape index (κ1) is 11.0. The van der Waals surface area contributed by atoms with E-state index in [1.807, 2.05) is 22.9 Å². The van der Waals surface area contributed by atoms with Crippen LogP contribution < -0.4 is 5.56 Å². The lowest BCUT2D eigenvalue weighted by Gasteiger charge is -2.30. The third-order valence-electron chi connectivity index (χ3n) is 3.35. The van der Waals surface area contributed by atoms with Gasteiger partial charge in [-0.3, -0.25) is 4.79 Å². The normalized spacial score (nSPS) is 17.4. The van der Waals surface area contributed by atoms with Crippen molar-refractivity contribution in [2.45, 2.75) is 18.9 Å². The van der Waals surface area contributed by atoms with Crippen LogP contribution in [0.2, 0.25) is 0 Å². The molecule has 2 aromatic rings. The van der Waals surface area contributed by atoms with E-state index in [2.05, 4.69) is 46.9 Å². The molecule has 1 aromatic carbocycles. The van der Waals surface area contributed by atoms with Gasteiger partial charge < -0.3 is 4.57 Å². The van der Waals surface area contributed by atoms with Gasteiger partial charge in [0.05, 0.1) is 3.57 Å². The second-order valence-corrected chi connectivity index (χ2v) is 5.58. The van der Waals surface area contributed by atoms with Crippen molar-refractivity contribution in [2.24, 2.45) is 0 Å². The molecule has 1 aromatic heterocycles. The lowest BCUT2D eigenvalue weighted by atomic mass is 9.77. The molecule has 0 bridgehead atoms. The lowest BCUT2D eigenvalue weighted by molar-refractivity contribution is 0.498. The summed E-state index contributed by atoms with van der Waals surface area (Å²) < 4.78 is 2.61. The van der Waals surface area contributed by atoms with Crippen molar-refractivity contribution in [3.8, 4) is 0 Å². The molecule has 0 aliphatic heterocycles. The van der Waals surface area contributed by atoms with Gasteiger partial charge in [0.25, 0.3) is 5.56 Å². The van der Waals surface area contributed by atoms with Gasteiger partial charge in [0.1, 0.15) is 0 Å². The first-order valence-electron chi connectivity index (χ1n) is 5.68. The molecule has 0 amide bonds. The highest BCUT2D eigenvalue weighted by molar-refractivity contribution is 14.1. The fourth-order valence-electron chi connectivity index (χ4n) is 2.41. The Kier molecular flexibility index (Phi) is 2.78. The van der Waals surface area contributed by atoms with Crippen molar-refractivity contribution >= 4 is 22.6 Å². The minimum atomic E-state index is 0.123. The largest absolute Gasteiger partial charge is 0.314 e. The highest BCUT2D eigenvalue weighted by Crippen LogP contribution is 2.35. The lowest BCUT2D eigenvalue weighted by Crippen LogP contribution is -2.29. The van der Waals surface area contributed by atoms with Crippen LogP contribution in [0.1, 0.15) is 17.0 Å². The van der Waals surface area contributed by atoms with E-state index in [0.717, 1.165) is 16.5 Å². The van der Waals surface area contributed by atoms with E-state index in [9.17, 15) is 4.79 Å². The Labute approximate surface area is 113 Å². The highest BCUT2D eigenvalue weighted by atomic mass is 127. The summed E-state index contributed by atoms with van der Waals surface area (Å²) in [5.41, 5.74) is 2.95. The van der Waals surface area contributed by atoms with Crippen LogP contribution in [0.25, 0.3) is 0 Å². The van der Waals surface area contributed by atoms with Gasteiger partial charge in [-0.15, -0.1) is 0 Å². The molecule has 0 N–H and O–H groups in total. The third-order valence-corrected chi connectivity index (χ3v) is 4.17. The number of benzene rings is 1. The van der Waals surface area contributed by atoms with Gasteiger partial charge >= 0.3 is 0 Å². The number of rotatable bonds is 2. The maximum Gasteiger partial charge on any atom is 0.263 e. The molecule has 1 heterocycles. The van der Waals surface area contributed by atoms with Gasteiger partial charge in [-0.05, 0) is 52.3 Å². The number of halogens is 1. The van der Waals surface area contributed by atoms with E-state index in [1.165, 1.54) is 11.1 Å². The minimum absolute atomic E-state index is 0.123. The average Bonchev–Trinajstić information content (AvgIpc) is 2.31. The van der Waals surface area contributed by atoms with Crippen LogP contribution in [0.15, 0.2) is 47.4 Å². The summed E-state index contributed by atoms with van der Waals surface area (Å²) in [4.78, 5) is 11.9. The smallest absolute Gasteiger partial charge is 0.263 e. The quantitative estimate of drug-likeness (QED) is 0.773. The molecule has 0 spiro atoms. The number of aromatic nitrogens is 1. The Bertz CT molecular complexity index is 618. The first-order valence-corrected chi connectivity index (χ1v) is 6.76. The van der Waals surface area contributed by atoms with Gasteiger partial charge in [-0.1, -0.05) is 24.3 Å². The molecule has 0 saturated heterocycles. The zero-order valence-corrected chi connectivity index (χ0v) is 11.4. The SMILES string of the molecule is O=c1c(I)cccn1CC1Cc2ccccc21. The molecule has 17 heavy (non-hydrogen) atoms. The zero-order valence-electron chi connectivity index (χ0n) is 9.27. The molecule has 3 rings (SSSR count). The maximum absolute atomic E-state index is 11.9. The second-order valence-electron chi connectivity index (χ2n) is 4.41. The molecule has 1 unspecified atom stereocenters. The van der Waals surface area contributed by atoms with E-state index in [0.29, 0.717) is 5.92 Å². The summed E-state index contributed by atoms with van der Waals surface area (Å²) in [6.07, 6.45) is 2.97. The van der Waals surface area contributed by atoms with Crippen LogP contribution in [-0.4, -0.2) is 4.57 Å². The maximum atomic E-state index is 11.9. The Morgan fingerprint density at radius 2 is 2.06 bits per heavy atom. The molecule has 2 nitrogen and oxygen atoms in total. The number of fused-ring (bicyclic) bond motifs is 1. The van der Waals surface area contributed by atoms with Gasteiger partial charge in [0, 0.05) is 18.7 Å². The molecule has 1 aliphatic carbocycles. The Morgan fingerprint density at radius 3 is 2.88 bits per heavy atom. The van der Waals surface area contributed by atoms with Crippen LogP contribution in [0.3, 0.4) is 0 Å². The topological polar surface area (TPSA) is 22.0 Å². The summed E-state index contributed by atoms with van der Waals surface area (Å²) >= 11 is 2.09. The zero-order chi connectivity index (χ0) is 11.8. The Morgan fingerprint density at radius 1 is 1.24 bits per heavy atom. The van der Waals surface area contributed by atoms with E-state index in [1.54, 1.807) is 0 Å². The van der Waals surface area contributed by atoms with Gasteiger partial charge in [-0.2, -0.15) is 0 Å². The molecular weight excluding hydrogens is 325 g/mol. The first-order chi connectivity index (χ1) is 8.25. The number of hydrogen-bond donors (Lipinski definition) is 0. The van der Waals surface area contributed by atoms with Crippen molar-refractivity contribution < 1.29 is 0 Å². The number of nitrogens with zero attached hydrogens (tertiary/aromatic N) is 1. The molecular formula is C14H12INO. The van der Waals surface area contributed by atoms with E-state index in [4.69, 9.17) is 0 Å². The summed E-state index contributed by atoms with van der Waals surface area (Å²) in [5.74, 6) is 0.502. The van der Waals surface area contributed by atoms with Crippen LogP contribution in [0.4, 0.5) is 0 Å². The van der Waals surface area contributed by atoms with Crippen molar-refractivity contribution in [3.63, 3.8) is 0 Å². The Hall–Kier alpha value is -1.10. The van der Waals surface area contributed by atoms with E-state index in [-0.39, 0.29) is 5.56 Å². The predicted molar refractivity (Wildman–Crippen MR) is 76.3 cm³/mol. The number of pyridine rings is 1.